The molecule has 0 amide bonds. The minimum atomic E-state index is -0.252. The molecule has 0 bridgehead atoms. The number of hydrogen-bond donors (Lipinski definition) is 1. The number of hydrogen-bond acceptors (Lipinski definition) is 3. The number of esters is 1. The molecule has 0 saturated heterocycles. The van der Waals surface area contributed by atoms with Crippen molar-refractivity contribution in [1.82, 2.24) is 5.32 Å². The van der Waals surface area contributed by atoms with Crippen LogP contribution in [0.5, 0.6) is 0 Å². The fourth-order valence-electron chi connectivity index (χ4n) is 1.21. The van der Waals surface area contributed by atoms with Crippen LogP contribution < -0.4 is 5.32 Å². The highest BCUT2D eigenvalue weighted by Gasteiger charge is 2.06. The molecule has 94 valence electrons. The molecular formula is C13H25NO2. The molecular weight excluding hydrogens is 202 g/mol. The van der Waals surface area contributed by atoms with E-state index in [2.05, 4.69) is 19.2 Å². The van der Waals surface area contributed by atoms with Crippen LogP contribution in [0.3, 0.4) is 0 Å². The molecule has 0 heterocycles. The molecule has 0 aromatic carbocycles. The number of allylic oxidation sites excluding steroid dienone is 1. The minimum Gasteiger partial charge on any atom is -0.458 e. The summed E-state index contributed by atoms with van der Waals surface area (Å²) < 4.78 is 5.19. The van der Waals surface area contributed by atoms with Crippen molar-refractivity contribution in [2.45, 2.75) is 47.1 Å². The number of nitrogens with one attached hydrogen (secondary N) is 1. The quantitative estimate of drug-likeness (QED) is 0.412. The molecule has 1 atom stereocenters. The van der Waals surface area contributed by atoms with Crippen molar-refractivity contribution in [3.8, 4) is 0 Å². The molecule has 16 heavy (non-hydrogen) atoms. The van der Waals surface area contributed by atoms with Gasteiger partial charge in [0.15, 0.2) is 0 Å². The molecule has 3 heteroatoms. The third kappa shape index (κ3) is 9.71. The van der Waals surface area contributed by atoms with E-state index < -0.39 is 0 Å². The van der Waals surface area contributed by atoms with Gasteiger partial charge in [-0.2, -0.15) is 0 Å². The van der Waals surface area contributed by atoms with Crippen molar-refractivity contribution in [2.24, 2.45) is 5.92 Å². The van der Waals surface area contributed by atoms with E-state index in [4.69, 9.17) is 4.74 Å². The predicted octanol–water partition coefficient (Wildman–Crippen LogP) is 2.52. The van der Waals surface area contributed by atoms with Crippen molar-refractivity contribution >= 4 is 5.97 Å². The largest absolute Gasteiger partial charge is 0.458 e. The Labute approximate surface area is 99.3 Å². The topological polar surface area (TPSA) is 38.3 Å². The number of carbonyl (C=O) groups excluding carboxylic acids is 1. The maximum absolute atomic E-state index is 11.3. The Hall–Kier alpha value is -0.830. The molecule has 0 aliphatic carbocycles. The molecule has 0 aromatic heterocycles. The molecule has 0 rings (SSSR count). The van der Waals surface area contributed by atoms with Crippen LogP contribution in [0.2, 0.25) is 0 Å². The maximum Gasteiger partial charge on any atom is 0.330 e. The normalized spacial score (nSPS) is 12.4. The summed E-state index contributed by atoms with van der Waals surface area (Å²) in [4.78, 5) is 11.3. The molecule has 0 fully saturated rings. The lowest BCUT2D eigenvalue weighted by Crippen LogP contribution is -2.29. The number of ether oxygens (including phenoxy) is 1. The molecule has 1 N–H and O–H groups in total. The van der Waals surface area contributed by atoms with Crippen molar-refractivity contribution in [2.75, 3.05) is 13.1 Å². The van der Waals surface area contributed by atoms with Gasteiger partial charge in [-0.05, 0) is 39.7 Å². The summed E-state index contributed by atoms with van der Waals surface area (Å²) >= 11 is 0. The molecule has 0 aromatic rings. The van der Waals surface area contributed by atoms with Crippen LogP contribution in [0.1, 0.15) is 41.0 Å². The van der Waals surface area contributed by atoms with Crippen molar-refractivity contribution < 1.29 is 9.53 Å². The smallest absolute Gasteiger partial charge is 0.330 e. The second-order valence-corrected chi connectivity index (χ2v) is 4.86. The SMILES string of the molecule is CC(C)=CC(=O)OC(C)CNCCC(C)C. The summed E-state index contributed by atoms with van der Waals surface area (Å²) in [5.41, 5.74) is 0.963. The van der Waals surface area contributed by atoms with Crippen LogP contribution in [-0.2, 0) is 9.53 Å². The molecule has 0 spiro atoms. The summed E-state index contributed by atoms with van der Waals surface area (Å²) in [5.74, 6) is 0.453. The first-order valence-electron chi connectivity index (χ1n) is 5.98. The monoisotopic (exact) mass is 227 g/mol. The van der Waals surface area contributed by atoms with Crippen molar-refractivity contribution in [1.29, 1.82) is 0 Å². The van der Waals surface area contributed by atoms with Crippen LogP contribution >= 0.6 is 0 Å². The summed E-state index contributed by atoms with van der Waals surface area (Å²) in [5, 5.41) is 3.28. The van der Waals surface area contributed by atoms with E-state index in [-0.39, 0.29) is 12.1 Å². The van der Waals surface area contributed by atoms with Gasteiger partial charge < -0.3 is 10.1 Å². The van der Waals surface area contributed by atoms with E-state index in [9.17, 15) is 4.79 Å². The maximum atomic E-state index is 11.3. The van der Waals surface area contributed by atoms with Gasteiger partial charge in [-0.25, -0.2) is 4.79 Å². The Morgan fingerprint density at radius 3 is 2.44 bits per heavy atom. The van der Waals surface area contributed by atoms with Gasteiger partial charge in [0.2, 0.25) is 0 Å². The Bertz CT molecular complexity index is 230. The zero-order valence-corrected chi connectivity index (χ0v) is 11.2. The van der Waals surface area contributed by atoms with E-state index in [0.717, 1.165) is 25.1 Å². The fourth-order valence-corrected chi connectivity index (χ4v) is 1.21. The van der Waals surface area contributed by atoms with Crippen molar-refractivity contribution in [3.63, 3.8) is 0 Å². The molecule has 1 unspecified atom stereocenters. The van der Waals surface area contributed by atoms with E-state index >= 15 is 0 Å². The first-order valence-corrected chi connectivity index (χ1v) is 5.98. The second kappa shape index (κ2) is 8.34. The lowest BCUT2D eigenvalue weighted by atomic mass is 10.1. The summed E-state index contributed by atoms with van der Waals surface area (Å²) in [7, 11) is 0. The number of rotatable bonds is 7. The molecule has 0 saturated carbocycles. The third-order valence-corrected chi connectivity index (χ3v) is 2.05. The van der Waals surface area contributed by atoms with Gasteiger partial charge in [-0.15, -0.1) is 0 Å². The van der Waals surface area contributed by atoms with Gasteiger partial charge in [0.1, 0.15) is 6.10 Å². The van der Waals surface area contributed by atoms with E-state index in [0.29, 0.717) is 5.92 Å². The highest BCUT2D eigenvalue weighted by molar-refractivity contribution is 5.82. The van der Waals surface area contributed by atoms with Gasteiger partial charge in [0.25, 0.3) is 0 Å². The van der Waals surface area contributed by atoms with Gasteiger partial charge in [0.05, 0.1) is 0 Å². The van der Waals surface area contributed by atoms with Crippen LogP contribution in [-0.4, -0.2) is 25.2 Å². The van der Waals surface area contributed by atoms with Gasteiger partial charge in [-0.3, -0.25) is 0 Å². The number of carbonyl (C=O) groups is 1. The van der Waals surface area contributed by atoms with Gasteiger partial charge >= 0.3 is 5.97 Å². The predicted molar refractivity (Wildman–Crippen MR) is 67.3 cm³/mol. The minimum absolute atomic E-state index is 0.0738. The van der Waals surface area contributed by atoms with E-state index in [1.807, 2.05) is 20.8 Å². The highest BCUT2D eigenvalue weighted by atomic mass is 16.5. The zero-order chi connectivity index (χ0) is 12.6. The third-order valence-electron chi connectivity index (χ3n) is 2.05. The Morgan fingerprint density at radius 2 is 1.94 bits per heavy atom. The van der Waals surface area contributed by atoms with Crippen LogP contribution in [0.25, 0.3) is 0 Å². The lowest BCUT2D eigenvalue weighted by Gasteiger charge is -2.13. The zero-order valence-electron chi connectivity index (χ0n) is 11.2. The van der Waals surface area contributed by atoms with E-state index in [1.54, 1.807) is 0 Å². The average Bonchev–Trinajstić information content (AvgIpc) is 2.10. The Kier molecular flexibility index (Phi) is 7.90. The fraction of sp³-hybridized carbons (Fsp3) is 0.769. The van der Waals surface area contributed by atoms with Crippen LogP contribution in [0, 0.1) is 5.92 Å². The molecule has 0 aliphatic rings. The standard InChI is InChI=1S/C13H25NO2/c1-10(2)6-7-14-9-12(5)16-13(15)8-11(3)4/h8,10,12,14H,6-7,9H2,1-5H3. The van der Waals surface area contributed by atoms with Crippen LogP contribution in [0.15, 0.2) is 11.6 Å². The average molecular weight is 227 g/mol. The Morgan fingerprint density at radius 1 is 1.31 bits per heavy atom. The van der Waals surface area contributed by atoms with Gasteiger partial charge in [0, 0.05) is 12.6 Å². The molecule has 0 radical (unpaired) electrons. The van der Waals surface area contributed by atoms with Crippen molar-refractivity contribution in [3.05, 3.63) is 11.6 Å². The van der Waals surface area contributed by atoms with Crippen LogP contribution in [0.4, 0.5) is 0 Å². The summed E-state index contributed by atoms with van der Waals surface area (Å²) in [6, 6.07) is 0. The Balaban J connectivity index is 3.62. The first-order chi connectivity index (χ1) is 7.41. The highest BCUT2D eigenvalue weighted by Crippen LogP contribution is 1.98. The van der Waals surface area contributed by atoms with Gasteiger partial charge in [-0.1, -0.05) is 19.4 Å². The molecule has 0 aliphatic heterocycles. The summed E-state index contributed by atoms with van der Waals surface area (Å²) in [6.45, 7) is 11.7. The van der Waals surface area contributed by atoms with E-state index in [1.165, 1.54) is 6.08 Å². The second-order valence-electron chi connectivity index (χ2n) is 4.86. The lowest BCUT2D eigenvalue weighted by molar-refractivity contribution is -0.142. The molecule has 3 nitrogen and oxygen atoms in total. The summed E-state index contributed by atoms with van der Waals surface area (Å²) in [6.07, 6.45) is 2.59. The first kappa shape index (κ1) is 15.2.